The van der Waals surface area contributed by atoms with E-state index in [4.69, 9.17) is 5.14 Å². The van der Waals surface area contributed by atoms with E-state index in [2.05, 4.69) is 21.2 Å². The molecule has 0 spiro atoms. The summed E-state index contributed by atoms with van der Waals surface area (Å²) < 4.78 is 22.5. The van der Waals surface area contributed by atoms with Gasteiger partial charge >= 0.3 is 0 Å². The number of halogens is 1. The molecule has 0 aliphatic carbocycles. The lowest BCUT2D eigenvalue weighted by Crippen LogP contribution is -2.16. The quantitative estimate of drug-likeness (QED) is 0.822. The summed E-state index contributed by atoms with van der Waals surface area (Å²) in [5, 5.41) is 7.81. The van der Waals surface area contributed by atoms with Crippen LogP contribution in [0, 0.1) is 13.8 Å². The fourth-order valence-corrected chi connectivity index (χ4v) is 2.07. The highest BCUT2D eigenvalue weighted by atomic mass is 79.9. The molecule has 3 N–H and O–H groups in total. The predicted molar refractivity (Wildman–Crippen MR) is 69.7 cm³/mol. The number of nitrogens with one attached hydrogen (secondary N) is 1. The van der Waals surface area contributed by atoms with Crippen LogP contribution < -0.4 is 10.5 Å². The molecule has 17 heavy (non-hydrogen) atoms. The molecule has 0 heterocycles. The molecule has 0 aliphatic heterocycles. The molecule has 0 fully saturated rings. The number of hydrogen-bond acceptors (Lipinski definition) is 3. The van der Waals surface area contributed by atoms with E-state index in [0.717, 1.165) is 11.1 Å². The first-order valence-electron chi connectivity index (χ1n) is 4.75. The number of carbonyl (C=O) groups is 1. The molecule has 5 nitrogen and oxygen atoms in total. The Hall–Kier alpha value is -0.920. The number of primary sulfonamides is 1. The van der Waals surface area contributed by atoms with Crippen molar-refractivity contribution in [2.45, 2.75) is 18.7 Å². The second-order valence-corrected chi connectivity index (χ2v) is 5.76. The molecule has 94 valence electrons. The van der Waals surface area contributed by atoms with E-state index in [0.29, 0.717) is 5.69 Å². The van der Waals surface area contributed by atoms with E-state index in [1.807, 2.05) is 0 Å². The lowest BCUT2D eigenvalue weighted by Gasteiger charge is -2.11. The van der Waals surface area contributed by atoms with Gasteiger partial charge in [-0.15, -0.1) is 0 Å². The lowest BCUT2D eigenvalue weighted by atomic mass is 10.1. The molecule has 0 aromatic heterocycles. The van der Waals surface area contributed by atoms with Gasteiger partial charge < -0.3 is 5.32 Å². The van der Waals surface area contributed by atoms with Crippen LogP contribution in [0.1, 0.15) is 11.1 Å². The zero-order valence-corrected chi connectivity index (χ0v) is 11.9. The molecule has 0 bridgehead atoms. The van der Waals surface area contributed by atoms with E-state index in [1.165, 1.54) is 12.1 Å². The first-order chi connectivity index (χ1) is 7.75. The summed E-state index contributed by atoms with van der Waals surface area (Å²) in [6, 6.07) is 2.84. The van der Waals surface area contributed by atoms with Gasteiger partial charge in [0.05, 0.1) is 10.2 Å². The Labute approximate surface area is 109 Å². The number of sulfonamides is 1. The summed E-state index contributed by atoms with van der Waals surface area (Å²) in [4.78, 5) is 11.3. The maximum atomic E-state index is 11.3. The van der Waals surface area contributed by atoms with Gasteiger partial charge in [-0.3, -0.25) is 4.79 Å². The number of amides is 1. The third-order valence-electron chi connectivity index (χ3n) is 2.36. The van der Waals surface area contributed by atoms with Crippen LogP contribution in [0.2, 0.25) is 0 Å². The topological polar surface area (TPSA) is 89.3 Å². The summed E-state index contributed by atoms with van der Waals surface area (Å²) in [7, 11) is -3.77. The number of aryl methyl sites for hydroxylation is 1. The van der Waals surface area contributed by atoms with Gasteiger partial charge in [0.1, 0.15) is 0 Å². The molecule has 0 aliphatic rings. The fourth-order valence-electron chi connectivity index (χ4n) is 1.30. The Morgan fingerprint density at radius 3 is 2.47 bits per heavy atom. The SMILES string of the molecule is Cc1cc(S(N)(=O)=O)cc(NC(=O)CBr)c1C. The van der Waals surface area contributed by atoms with E-state index < -0.39 is 10.0 Å². The van der Waals surface area contributed by atoms with Gasteiger partial charge in [0, 0.05) is 5.69 Å². The molecule has 1 rings (SSSR count). The van der Waals surface area contributed by atoms with Gasteiger partial charge in [0.2, 0.25) is 15.9 Å². The molecule has 0 saturated heterocycles. The van der Waals surface area contributed by atoms with Crippen molar-refractivity contribution in [2.75, 3.05) is 10.6 Å². The molecule has 0 unspecified atom stereocenters. The van der Waals surface area contributed by atoms with E-state index in [1.54, 1.807) is 13.8 Å². The van der Waals surface area contributed by atoms with Crippen molar-refractivity contribution in [2.24, 2.45) is 5.14 Å². The van der Waals surface area contributed by atoms with Crippen LogP contribution >= 0.6 is 15.9 Å². The van der Waals surface area contributed by atoms with Gasteiger partial charge in [0.25, 0.3) is 0 Å². The Balaban J connectivity index is 3.30. The van der Waals surface area contributed by atoms with Crippen molar-refractivity contribution in [1.82, 2.24) is 0 Å². The highest BCUT2D eigenvalue weighted by molar-refractivity contribution is 9.09. The van der Waals surface area contributed by atoms with Crippen molar-refractivity contribution in [3.63, 3.8) is 0 Å². The van der Waals surface area contributed by atoms with Gasteiger partial charge in [-0.05, 0) is 37.1 Å². The largest absolute Gasteiger partial charge is 0.325 e. The Bertz CT molecular complexity index is 555. The van der Waals surface area contributed by atoms with Crippen molar-refractivity contribution >= 4 is 37.5 Å². The molecule has 1 aromatic rings. The molecule has 7 heteroatoms. The zero-order valence-electron chi connectivity index (χ0n) is 9.45. The molecule has 1 amide bonds. The van der Waals surface area contributed by atoms with Crippen LogP contribution in [0.15, 0.2) is 17.0 Å². The van der Waals surface area contributed by atoms with Gasteiger partial charge in [-0.2, -0.15) is 0 Å². The summed E-state index contributed by atoms with van der Waals surface area (Å²) in [5.41, 5.74) is 2.02. The first kappa shape index (κ1) is 14.1. The highest BCUT2D eigenvalue weighted by Gasteiger charge is 2.13. The predicted octanol–water partition coefficient (Wildman–Crippen LogP) is 1.28. The van der Waals surface area contributed by atoms with Gasteiger partial charge in [0.15, 0.2) is 0 Å². The molecular formula is C10H13BrN2O3S. The second-order valence-electron chi connectivity index (χ2n) is 3.64. The number of nitrogens with two attached hydrogens (primary N) is 1. The Morgan fingerprint density at radius 1 is 1.41 bits per heavy atom. The van der Waals surface area contributed by atoms with E-state index in [-0.39, 0.29) is 16.1 Å². The summed E-state index contributed by atoms with van der Waals surface area (Å²) in [5.74, 6) is -0.251. The van der Waals surface area contributed by atoms with E-state index in [9.17, 15) is 13.2 Å². The standard InChI is InChI=1S/C10H13BrN2O3S/c1-6-3-8(17(12,15)16)4-9(7(6)2)13-10(14)5-11/h3-4H,5H2,1-2H3,(H,13,14)(H2,12,15,16). The summed E-state index contributed by atoms with van der Waals surface area (Å²) in [6.45, 7) is 3.56. The summed E-state index contributed by atoms with van der Waals surface area (Å²) in [6.07, 6.45) is 0. The van der Waals surface area contributed by atoms with Gasteiger partial charge in [-0.1, -0.05) is 15.9 Å². The van der Waals surface area contributed by atoms with Crippen LogP contribution in [0.5, 0.6) is 0 Å². The number of anilines is 1. The molecule has 0 saturated carbocycles. The van der Waals surface area contributed by atoms with Gasteiger partial charge in [-0.25, -0.2) is 13.6 Å². The van der Waals surface area contributed by atoms with Crippen LogP contribution in [-0.4, -0.2) is 19.7 Å². The normalized spacial score (nSPS) is 11.3. The summed E-state index contributed by atoms with van der Waals surface area (Å²) >= 11 is 3.02. The first-order valence-corrected chi connectivity index (χ1v) is 7.42. The number of carbonyl (C=O) groups excluding carboxylic acids is 1. The maximum absolute atomic E-state index is 11.3. The monoisotopic (exact) mass is 320 g/mol. The number of alkyl halides is 1. The average Bonchev–Trinajstić information content (AvgIpc) is 2.22. The minimum absolute atomic E-state index is 0.00882. The van der Waals surface area contributed by atoms with Crippen LogP contribution in [0.4, 0.5) is 5.69 Å². The Kier molecular flexibility index (Phi) is 4.29. The van der Waals surface area contributed by atoms with Crippen molar-refractivity contribution in [3.05, 3.63) is 23.3 Å². The van der Waals surface area contributed by atoms with Crippen LogP contribution in [0.25, 0.3) is 0 Å². The zero-order chi connectivity index (χ0) is 13.2. The fraction of sp³-hybridized carbons (Fsp3) is 0.300. The van der Waals surface area contributed by atoms with Crippen LogP contribution in [-0.2, 0) is 14.8 Å². The minimum Gasteiger partial charge on any atom is -0.325 e. The molecular weight excluding hydrogens is 308 g/mol. The van der Waals surface area contributed by atoms with Crippen LogP contribution in [0.3, 0.4) is 0 Å². The third kappa shape index (κ3) is 3.52. The van der Waals surface area contributed by atoms with Crippen molar-refractivity contribution in [3.8, 4) is 0 Å². The molecule has 1 aromatic carbocycles. The molecule has 0 atom stereocenters. The van der Waals surface area contributed by atoms with Crippen molar-refractivity contribution in [1.29, 1.82) is 0 Å². The second kappa shape index (κ2) is 5.16. The maximum Gasteiger partial charge on any atom is 0.238 e. The number of rotatable bonds is 3. The number of hydrogen-bond donors (Lipinski definition) is 2. The average molecular weight is 321 g/mol. The minimum atomic E-state index is -3.77. The third-order valence-corrected chi connectivity index (χ3v) is 3.77. The number of benzene rings is 1. The lowest BCUT2D eigenvalue weighted by molar-refractivity contribution is -0.113. The highest BCUT2D eigenvalue weighted by Crippen LogP contribution is 2.23. The van der Waals surface area contributed by atoms with E-state index >= 15 is 0 Å². The Morgan fingerprint density at radius 2 is 2.00 bits per heavy atom. The molecule has 0 radical (unpaired) electrons. The van der Waals surface area contributed by atoms with Crippen molar-refractivity contribution < 1.29 is 13.2 Å². The smallest absolute Gasteiger partial charge is 0.238 e.